The highest BCUT2D eigenvalue weighted by atomic mass is 16.5. The first-order chi connectivity index (χ1) is 14.7. The number of rotatable bonds is 6. The number of hydrogen-bond acceptors (Lipinski definition) is 7. The summed E-state index contributed by atoms with van der Waals surface area (Å²) in [6.45, 7) is 6.17. The molecule has 3 aliphatic rings. The Labute approximate surface area is 180 Å². The fourth-order valence-electron chi connectivity index (χ4n) is 5.01. The fraction of sp³-hybridized carbons (Fsp3) is 0.773. The van der Waals surface area contributed by atoms with Gasteiger partial charge in [0.1, 0.15) is 12.4 Å². The van der Waals surface area contributed by atoms with Gasteiger partial charge in [-0.3, -0.25) is 9.69 Å². The average Bonchev–Trinajstić information content (AvgIpc) is 3.06. The summed E-state index contributed by atoms with van der Waals surface area (Å²) in [5.74, 6) is 1.92. The van der Waals surface area contributed by atoms with Crippen molar-refractivity contribution in [2.24, 2.45) is 0 Å². The topological polar surface area (TPSA) is 73.8 Å². The van der Waals surface area contributed by atoms with Gasteiger partial charge in [0.05, 0.1) is 0 Å². The Morgan fingerprint density at radius 3 is 2.60 bits per heavy atom. The molecular weight excluding hydrogens is 380 g/mol. The average molecular weight is 417 g/mol. The Bertz CT molecular complexity index is 686. The summed E-state index contributed by atoms with van der Waals surface area (Å²) in [6, 6.07) is 2.99. The van der Waals surface area contributed by atoms with E-state index >= 15 is 0 Å². The maximum atomic E-state index is 12.0. The second-order valence-electron chi connectivity index (χ2n) is 8.81. The minimum Gasteiger partial charge on any atom is -0.375 e. The van der Waals surface area contributed by atoms with Crippen LogP contribution >= 0.6 is 0 Å². The summed E-state index contributed by atoms with van der Waals surface area (Å²) in [4.78, 5) is 28.2. The van der Waals surface area contributed by atoms with Crippen molar-refractivity contribution >= 4 is 17.7 Å². The molecule has 0 bridgehead atoms. The van der Waals surface area contributed by atoms with E-state index in [1.54, 1.807) is 7.11 Å². The van der Waals surface area contributed by atoms with Gasteiger partial charge < -0.3 is 19.9 Å². The van der Waals surface area contributed by atoms with Gasteiger partial charge in [-0.2, -0.15) is 4.98 Å². The van der Waals surface area contributed by atoms with E-state index in [-0.39, 0.29) is 12.5 Å². The van der Waals surface area contributed by atoms with Gasteiger partial charge in [0.15, 0.2) is 0 Å². The number of ether oxygens (including phenoxy) is 1. The molecule has 1 N–H and O–H groups in total. The van der Waals surface area contributed by atoms with E-state index in [2.05, 4.69) is 20.1 Å². The Balaban J connectivity index is 1.26. The first kappa shape index (κ1) is 21.3. The number of methoxy groups -OCH3 is 1. The van der Waals surface area contributed by atoms with Gasteiger partial charge >= 0.3 is 0 Å². The minimum absolute atomic E-state index is 0.110. The van der Waals surface area contributed by atoms with Crippen LogP contribution in [0.15, 0.2) is 12.3 Å². The van der Waals surface area contributed by atoms with E-state index in [9.17, 15) is 4.79 Å². The lowest BCUT2D eigenvalue weighted by Crippen LogP contribution is -2.47. The Morgan fingerprint density at radius 2 is 1.87 bits per heavy atom. The number of piperidine rings is 1. The molecule has 3 fully saturated rings. The molecular formula is C22H36N6O2. The van der Waals surface area contributed by atoms with E-state index in [1.807, 2.05) is 17.2 Å². The number of anilines is 2. The van der Waals surface area contributed by atoms with Crippen LogP contribution in [0.4, 0.5) is 11.8 Å². The van der Waals surface area contributed by atoms with Crippen molar-refractivity contribution in [2.75, 3.05) is 63.2 Å². The van der Waals surface area contributed by atoms with Gasteiger partial charge in [0.25, 0.3) is 0 Å². The molecule has 4 heterocycles. The molecule has 1 aromatic rings. The van der Waals surface area contributed by atoms with Crippen molar-refractivity contribution in [3.05, 3.63) is 12.3 Å². The molecule has 1 unspecified atom stereocenters. The number of carbonyl (C=O) groups is 1. The fourth-order valence-corrected chi connectivity index (χ4v) is 5.01. The van der Waals surface area contributed by atoms with Crippen LogP contribution in [0.25, 0.3) is 0 Å². The maximum absolute atomic E-state index is 12.0. The van der Waals surface area contributed by atoms with Crippen LogP contribution in [0.1, 0.15) is 44.9 Å². The van der Waals surface area contributed by atoms with Crippen LogP contribution in [0.5, 0.6) is 0 Å². The highest BCUT2D eigenvalue weighted by molar-refractivity contribution is 5.77. The zero-order valence-electron chi connectivity index (χ0n) is 18.3. The number of carbonyl (C=O) groups excluding carboxylic acids is 1. The van der Waals surface area contributed by atoms with E-state index in [0.29, 0.717) is 12.1 Å². The second kappa shape index (κ2) is 10.4. The number of hydrogen-bond donors (Lipinski definition) is 1. The molecule has 8 nitrogen and oxygen atoms in total. The van der Waals surface area contributed by atoms with Crippen molar-refractivity contribution in [1.82, 2.24) is 19.8 Å². The van der Waals surface area contributed by atoms with Crippen molar-refractivity contribution < 1.29 is 9.53 Å². The summed E-state index contributed by atoms with van der Waals surface area (Å²) in [5.41, 5.74) is 0. The standard InChI is InChI=1S/C22H36N6O2/c1-30-17-21(29)27-14-8-19(9-15-27)28-13-7-18(16-28)24-22-23-10-6-20(25-22)26-11-4-2-3-5-12-26/h6,10,18-19H,2-5,7-9,11-17H2,1H3,(H,23,24,25). The Kier molecular flexibility index (Phi) is 7.38. The molecule has 3 saturated heterocycles. The molecule has 0 aliphatic carbocycles. The third-order valence-electron chi connectivity index (χ3n) is 6.73. The molecule has 8 heteroatoms. The number of nitrogens with one attached hydrogen (secondary N) is 1. The number of aromatic nitrogens is 2. The van der Waals surface area contributed by atoms with E-state index in [0.717, 1.165) is 70.3 Å². The number of likely N-dealkylation sites (tertiary alicyclic amines) is 2. The third-order valence-corrected chi connectivity index (χ3v) is 6.73. The quantitative estimate of drug-likeness (QED) is 0.760. The number of amides is 1. The summed E-state index contributed by atoms with van der Waals surface area (Å²) < 4.78 is 4.98. The molecule has 1 aromatic heterocycles. The molecule has 3 aliphatic heterocycles. The van der Waals surface area contributed by atoms with Gasteiger partial charge in [-0.1, -0.05) is 12.8 Å². The van der Waals surface area contributed by atoms with Crippen LogP contribution in [0.3, 0.4) is 0 Å². The van der Waals surface area contributed by atoms with E-state index in [1.165, 1.54) is 25.7 Å². The van der Waals surface area contributed by atoms with Gasteiger partial charge in [-0.05, 0) is 38.2 Å². The summed E-state index contributed by atoms with van der Waals surface area (Å²) in [5, 5.41) is 3.58. The molecule has 0 radical (unpaired) electrons. The maximum Gasteiger partial charge on any atom is 0.248 e. The minimum atomic E-state index is 0.110. The molecule has 4 rings (SSSR count). The van der Waals surface area contributed by atoms with E-state index < -0.39 is 0 Å². The molecule has 0 saturated carbocycles. The highest BCUT2D eigenvalue weighted by Crippen LogP contribution is 2.24. The van der Waals surface area contributed by atoms with Crippen LogP contribution in [0, 0.1) is 0 Å². The highest BCUT2D eigenvalue weighted by Gasteiger charge is 2.32. The summed E-state index contributed by atoms with van der Waals surface area (Å²) in [6.07, 6.45) is 10.2. The molecule has 166 valence electrons. The van der Waals surface area contributed by atoms with Crippen molar-refractivity contribution in [1.29, 1.82) is 0 Å². The second-order valence-corrected chi connectivity index (χ2v) is 8.81. The van der Waals surface area contributed by atoms with Crippen LogP contribution in [-0.4, -0.2) is 90.7 Å². The van der Waals surface area contributed by atoms with Crippen molar-refractivity contribution in [3.8, 4) is 0 Å². The largest absolute Gasteiger partial charge is 0.375 e. The van der Waals surface area contributed by atoms with Crippen molar-refractivity contribution in [3.63, 3.8) is 0 Å². The zero-order valence-corrected chi connectivity index (χ0v) is 18.3. The van der Waals surface area contributed by atoms with Gasteiger partial charge in [-0.15, -0.1) is 0 Å². The first-order valence-electron chi connectivity index (χ1n) is 11.6. The van der Waals surface area contributed by atoms with Gasteiger partial charge in [0, 0.05) is 64.7 Å². The Morgan fingerprint density at radius 1 is 1.10 bits per heavy atom. The predicted octanol–water partition coefficient (Wildman–Crippen LogP) is 1.98. The summed E-state index contributed by atoms with van der Waals surface area (Å²) in [7, 11) is 1.58. The van der Waals surface area contributed by atoms with Crippen LogP contribution in [-0.2, 0) is 9.53 Å². The third kappa shape index (κ3) is 5.40. The zero-order chi connectivity index (χ0) is 20.8. The lowest BCUT2D eigenvalue weighted by atomic mass is 10.0. The molecule has 1 amide bonds. The summed E-state index contributed by atoms with van der Waals surface area (Å²) >= 11 is 0. The normalized spacial score (nSPS) is 24.1. The van der Waals surface area contributed by atoms with Crippen LogP contribution < -0.4 is 10.2 Å². The monoisotopic (exact) mass is 416 g/mol. The predicted molar refractivity (Wildman–Crippen MR) is 118 cm³/mol. The molecule has 0 aromatic carbocycles. The Hall–Kier alpha value is -1.93. The molecule has 1 atom stereocenters. The SMILES string of the molecule is COCC(=O)N1CCC(N2CCC(Nc3nccc(N4CCCCCC4)n3)C2)CC1. The smallest absolute Gasteiger partial charge is 0.248 e. The van der Waals surface area contributed by atoms with Gasteiger partial charge in [-0.25, -0.2) is 4.98 Å². The van der Waals surface area contributed by atoms with E-state index in [4.69, 9.17) is 9.72 Å². The lowest BCUT2D eigenvalue weighted by Gasteiger charge is -2.36. The van der Waals surface area contributed by atoms with Crippen molar-refractivity contribution in [2.45, 2.75) is 57.0 Å². The van der Waals surface area contributed by atoms with Gasteiger partial charge in [0.2, 0.25) is 11.9 Å². The lowest BCUT2D eigenvalue weighted by molar-refractivity contribution is -0.136. The molecule has 30 heavy (non-hydrogen) atoms. The molecule has 0 spiro atoms. The van der Waals surface area contributed by atoms with Crippen LogP contribution in [0.2, 0.25) is 0 Å². The number of nitrogens with zero attached hydrogens (tertiary/aromatic N) is 5. The first-order valence-corrected chi connectivity index (χ1v) is 11.6.